The molecule has 2 N–H and O–H groups in total. The van der Waals surface area contributed by atoms with E-state index >= 15 is 0 Å². The average Bonchev–Trinajstić information content (AvgIpc) is 2.63. The number of aliphatic hydroxyl groups excluding tert-OH is 1. The predicted octanol–water partition coefficient (Wildman–Crippen LogP) is 2.01. The van der Waals surface area contributed by atoms with Gasteiger partial charge in [-0.15, -0.1) is 0 Å². The van der Waals surface area contributed by atoms with Crippen molar-refractivity contribution in [3.05, 3.63) is 74.5 Å². The van der Waals surface area contributed by atoms with Crippen molar-refractivity contribution in [2.45, 2.75) is 13.2 Å². The SMILES string of the molecule is Cn1nc(C(=O)NCc2ccc(Cl)cc2)c(=O)c2cc(CO)ccc21. The molecule has 0 saturated carbocycles. The van der Waals surface area contributed by atoms with Crippen LogP contribution in [-0.4, -0.2) is 20.8 Å². The number of nitrogens with zero attached hydrogens (tertiary/aromatic N) is 2. The number of benzene rings is 2. The molecule has 128 valence electrons. The van der Waals surface area contributed by atoms with Gasteiger partial charge in [-0.05, 0) is 35.4 Å². The molecule has 3 aromatic rings. The number of amides is 1. The van der Waals surface area contributed by atoms with Crippen LogP contribution in [-0.2, 0) is 20.2 Å². The van der Waals surface area contributed by atoms with Crippen LogP contribution in [0.5, 0.6) is 0 Å². The van der Waals surface area contributed by atoms with E-state index in [0.29, 0.717) is 21.5 Å². The Bertz CT molecular complexity index is 997. The van der Waals surface area contributed by atoms with E-state index < -0.39 is 11.3 Å². The molecule has 1 aromatic heterocycles. The fraction of sp³-hybridized carbons (Fsp3) is 0.167. The van der Waals surface area contributed by atoms with Crippen LogP contribution < -0.4 is 10.7 Å². The summed E-state index contributed by atoms with van der Waals surface area (Å²) in [7, 11) is 1.66. The lowest BCUT2D eigenvalue weighted by Gasteiger charge is -2.09. The van der Waals surface area contributed by atoms with Gasteiger partial charge in [-0.2, -0.15) is 5.10 Å². The minimum Gasteiger partial charge on any atom is -0.392 e. The highest BCUT2D eigenvalue weighted by Gasteiger charge is 2.16. The molecule has 0 bridgehead atoms. The first-order chi connectivity index (χ1) is 12.0. The molecule has 0 atom stereocenters. The molecule has 0 aliphatic heterocycles. The minimum absolute atomic E-state index is 0.181. The van der Waals surface area contributed by atoms with Crippen LogP contribution in [0, 0.1) is 0 Å². The van der Waals surface area contributed by atoms with E-state index in [1.54, 1.807) is 49.5 Å². The third kappa shape index (κ3) is 3.55. The monoisotopic (exact) mass is 357 g/mol. The molecule has 0 unspecified atom stereocenters. The van der Waals surface area contributed by atoms with Gasteiger partial charge in [0.1, 0.15) is 0 Å². The molecule has 0 aliphatic carbocycles. The standard InChI is InChI=1S/C18H16ClN3O3/c1-22-15-7-4-12(10-23)8-14(15)17(24)16(21-22)18(25)20-9-11-2-5-13(19)6-3-11/h2-8,23H,9-10H2,1H3,(H,20,25). The van der Waals surface area contributed by atoms with Gasteiger partial charge >= 0.3 is 0 Å². The topological polar surface area (TPSA) is 84.2 Å². The van der Waals surface area contributed by atoms with Gasteiger partial charge in [-0.25, -0.2) is 0 Å². The van der Waals surface area contributed by atoms with Gasteiger partial charge in [-0.1, -0.05) is 29.8 Å². The van der Waals surface area contributed by atoms with Gasteiger partial charge in [0, 0.05) is 18.6 Å². The van der Waals surface area contributed by atoms with Gasteiger partial charge in [-0.3, -0.25) is 14.3 Å². The fourth-order valence-corrected chi connectivity index (χ4v) is 2.67. The molecule has 0 fully saturated rings. The highest BCUT2D eigenvalue weighted by atomic mass is 35.5. The Balaban J connectivity index is 1.91. The van der Waals surface area contributed by atoms with E-state index in [9.17, 15) is 14.7 Å². The average molecular weight is 358 g/mol. The van der Waals surface area contributed by atoms with Crippen LogP contribution >= 0.6 is 11.6 Å². The van der Waals surface area contributed by atoms with E-state index in [4.69, 9.17) is 11.6 Å². The summed E-state index contributed by atoms with van der Waals surface area (Å²) in [6, 6.07) is 12.0. The van der Waals surface area contributed by atoms with Crippen LogP contribution in [0.2, 0.25) is 5.02 Å². The Morgan fingerprint density at radius 2 is 1.88 bits per heavy atom. The number of halogens is 1. The van der Waals surface area contributed by atoms with E-state index in [-0.39, 0.29) is 18.8 Å². The minimum atomic E-state index is -0.549. The molecular weight excluding hydrogens is 342 g/mol. The number of carbonyl (C=O) groups excluding carboxylic acids is 1. The number of hydrogen-bond donors (Lipinski definition) is 2. The second-order valence-electron chi connectivity index (χ2n) is 5.62. The van der Waals surface area contributed by atoms with Crippen molar-refractivity contribution < 1.29 is 9.90 Å². The summed E-state index contributed by atoms with van der Waals surface area (Å²) in [6.07, 6.45) is 0. The van der Waals surface area contributed by atoms with E-state index in [1.165, 1.54) is 4.68 Å². The highest BCUT2D eigenvalue weighted by Crippen LogP contribution is 2.13. The van der Waals surface area contributed by atoms with Crippen molar-refractivity contribution in [1.82, 2.24) is 15.1 Å². The lowest BCUT2D eigenvalue weighted by Crippen LogP contribution is -2.31. The Labute approximate surface area is 148 Å². The number of fused-ring (bicyclic) bond motifs is 1. The Morgan fingerprint density at radius 1 is 1.20 bits per heavy atom. The summed E-state index contributed by atoms with van der Waals surface area (Å²) in [5, 5.41) is 17.0. The molecular formula is C18H16ClN3O3. The second-order valence-corrected chi connectivity index (χ2v) is 6.06. The van der Waals surface area contributed by atoms with E-state index in [1.807, 2.05) is 0 Å². The second kappa shape index (κ2) is 7.04. The van der Waals surface area contributed by atoms with Crippen molar-refractivity contribution in [1.29, 1.82) is 0 Å². The fourth-order valence-electron chi connectivity index (χ4n) is 2.54. The van der Waals surface area contributed by atoms with Gasteiger partial charge in [0.25, 0.3) is 5.91 Å². The lowest BCUT2D eigenvalue weighted by molar-refractivity contribution is 0.0943. The maximum Gasteiger partial charge on any atom is 0.276 e. The molecule has 2 aromatic carbocycles. The summed E-state index contributed by atoms with van der Waals surface area (Å²) in [5.74, 6) is -0.549. The first-order valence-corrected chi connectivity index (χ1v) is 8.01. The molecule has 25 heavy (non-hydrogen) atoms. The first-order valence-electron chi connectivity index (χ1n) is 7.63. The lowest BCUT2D eigenvalue weighted by atomic mass is 10.1. The summed E-state index contributed by atoms with van der Waals surface area (Å²) >= 11 is 5.83. The van der Waals surface area contributed by atoms with E-state index in [0.717, 1.165) is 5.56 Å². The smallest absolute Gasteiger partial charge is 0.276 e. The number of aryl methyl sites for hydroxylation is 1. The number of rotatable bonds is 4. The Hall–Kier alpha value is -2.70. The van der Waals surface area contributed by atoms with Crippen LogP contribution in [0.25, 0.3) is 10.9 Å². The summed E-state index contributed by atoms with van der Waals surface area (Å²) in [4.78, 5) is 25.0. The number of nitrogens with one attached hydrogen (secondary N) is 1. The molecule has 1 amide bonds. The number of hydrogen-bond acceptors (Lipinski definition) is 4. The zero-order valence-electron chi connectivity index (χ0n) is 13.5. The van der Waals surface area contributed by atoms with Crippen molar-refractivity contribution >= 4 is 28.4 Å². The summed E-state index contributed by atoms with van der Waals surface area (Å²) in [6.45, 7) is 0.0784. The largest absolute Gasteiger partial charge is 0.392 e. The third-order valence-electron chi connectivity index (χ3n) is 3.88. The predicted molar refractivity (Wildman–Crippen MR) is 95.5 cm³/mol. The maximum absolute atomic E-state index is 12.6. The van der Waals surface area contributed by atoms with Crippen LogP contribution in [0.4, 0.5) is 0 Å². The third-order valence-corrected chi connectivity index (χ3v) is 4.14. The quantitative estimate of drug-likeness (QED) is 0.748. The van der Waals surface area contributed by atoms with Crippen LogP contribution in [0.3, 0.4) is 0 Å². The molecule has 6 nitrogen and oxygen atoms in total. The molecule has 1 heterocycles. The van der Waals surface area contributed by atoms with Gasteiger partial charge in [0.15, 0.2) is 5.69 Å². The summed E-state index contributed by atoms with van der Waals surface area (Å²) < 4.78 is 1.48. The molecule has 0 aliphatic rings. The molecule has 3 rings (SSSR count). The van der Waals surface area contributed by atoms with Crippen molar-refractivity contribution in [2.75, 3.05) is 0 Å². The molecule has 0 spiro atoms. The first kappa shape index (κ1) is 17.1. The van der Waals surface area contributed by atoms with Gasteiger partial charge in [0.05, 0.1) is 17.5 Å². The van der Waals surface area contributed by atoms with Crippen molar-refractivity contribution in [3.63, 3.8) is 0 Å². The zero-order chi connectivity index (χ0) is 18.0. The highest BCUT2D eigenvalue weighted by molar-refractivity contribution is 6.30. The van der Waals surface area contributed by atoms with Crippen molar-refractivity contribution in [3.8, 4) is 0 Å². The van der Waals surface area contributed by atoms with E-state index in [2.05, 4.69) is 10.4 Å². The van der Waals surface area contributed by atoms with Crippen molar-refractivity contribution in [2.24, 2.45) is 7.05 Å². The normalized spacial score (nSPS) is 10.8. The number of aliphatic hydroxyl groups is 1. The van der Waals surface area contributed by atoms with Crippen LogP contribution in [0.1, 0.15) is 21.6 Å². The Kier molecular flexibility index (Phi) is 4.83. The number of carbonyl (C=O) groups is 1. The summed E-state index contributed by atoms with van der Waals surface area (Å²) in [5.41, 5.74) is 1.41. The van der Waals surface area contributed by atoms with Gasteiger partial charge < -0.3 is 10.4 Å². The van der Waals surface area contributed by atoms with Gasteiger partial charge in [0.2, 0.25) is 5.43 Å². The molecule has 0 radical (unpaired) electrons. The number of aromatic nitrogens is 2. The maximum atomic E-state index is 12.6. The molecule has 0 saturated heterocycles. The Morgan fingerprint density at radius 3 is 2.56 bits per heavy atom. The zero-order valence-corrected chi connectivity index (χ0v) is 14.2. The van der Waals surface area contributed by atoms with Crippen LogP contribution in [0.15, 0.2) is 47.3 Å². The molecule has 7 heteroatoms.